The van der Waals surface area contributed by atoms with E-state index in [2.05, 4.69) is 4.98 Å². The van der Waals surface area contributed by atoms with Crippen molar-refractivity contribution in [3.8, 4) is 11.8 Å². The average Bonchev–Trinajstić information content (AvgIpc) is 3.01. The lowest BCUT2D eigenvalue weighted by Gasteiger charge is -2.04. The molecule has 0 aromatic carbocycles. The predicted octanol–water partition coefficient (Wildman–Crippen LogP) is 1.31. The van der Waals surface area contributed by atoms with Crippen molar-refractivity contribution in [2.75, 3.05) is 0 Å². The molecular formula is C10H8N2O2. The maximum Gasteiger partial charge on any atom is 0.168 e. The summed E-state index contributed by atoms with van der Waals surface area (Å²) in [4.78, 5) is 14.3. The molecule has 0 saturated heterocycles. The molecular weight excluding hydrogens is 180 g/mol. The Balaban J connectivity index is 2.28. The highest BCUT2D eigenvalue weighted by molar-refractivity contribution is 5.72. The van der Waals surface area contributed by atoms with Crippen molar-refractivity contribution in [3.63, 3.8) is 0 Å². The summed E-state index contributed by atoms with van der Waals surface area (Å²) in [5.74, 6) is 0.557. The fourth-order valence-electron chi connectivity index (χ4n) is 1.09. The summed E-state index contributed by atoms with van der Waals surface area (Å²) in [5, 5.41) is 8.65. The zero-order valence-corrected chi connectivity index (χ0v) is 7.43. The van der Waals surface area contributed by atoms with Crippen molar-refractivity contribution >= 4 is 6.29 Å². The van der Waals surface area contributed by atoms with E-state index in [1.807, 2.05) is 6.07 Å². The molecule has 0 bridgehead atoms. The van der Waals surface area contributed by atoms with Crippen molar-refractivity contribution in [2.45, 2.75) is 18.9 Å². The largest absolute Gasteiger partial charge is 0.490 e. The van der Waals surface area contributed by atoms with Crippen LogP contribution in [0.2, 0.25) is 0 Å². The molecule has 4 nitrogen and oxygen atoms in total. The molecule has 4 heteroatoms. The first kappa shape index (κ1) is 8.70. The van der Waals surface area contributed by atoms with Gasteiger partial charge in [0.25, 0.3) is 0 Å². The number of carbonyl (C=O) groups is 1. The van der Waals surface area contributed by atoms with Gasteiger partial charge in [0.15, 0.2) is 6.29 Å². The fraction of sp³-hybridized carbons (Fsp3) is 0.300. The van der Waals surface area contributed by atoms with Gasteiger partial charge in [-0.2, -0.15) is 5.26 Å². The Morgan fingerprint density at radius 1 is 1.57 bits per heavy atom. The molecule has 0 unspecified atom stereocenters. The van der Waals surface area contributed by atoms with E-state index >= 15 is 0 Å². The van der Waals surface area contributed by atoms with Crippen LogP contribution in [0, 0.1) is 11.3 Å². The normalized spacial score (nSPS) is 14.5. The fourth-order valence-corrected chi connectivity index (χ4v) is 1.09. The van der Waals surface area contributed by atoms with Crippen molar-refractivity contribution < 1.29 is 9.53 Å². The zero-order valence-electron chi connectivity index (χ0n) is 7.43. The first-order valence-electron chi connectivity index (χ1n) is 4.36. The summed E-state index contributed by atoms with van der Waals surface area (Å²) in [6.07, 6.45) is 2.95. The van der Waals surface area contributed by atoms with Crippen LogP contribution in [-0.4, -0.2) is 17.4 Å². The minimum absolute atomic E-state index is 0.213. The van der Waals surface area contributed by atoms with Gasteiger partial charge in [-0.25, -0.2) is 4.98 Å². The SMILES string of the molecule is N#Cc1cc(OC2CC2)cc(C=O)n1. The van der Waals surface area contributed by atoms with E-state index in [9.17, 15) is 4.79 Å². The van der Waals surface area contributed by atoms with Gasteiger partial charge in [-0.15, -0.1) is 0 Å². The predicted molar refractivity (Wildman–Crippen MR) is 48.0 cm³/mol. The summed E-state index contributed by atoms with van der Waals surface area (Å²) in [6.45, 7) is 0. The summed E-state index contributed by atoms with van der Waals surface area (Å²) in [7, 11) is 0. The van der Waals surface area contributed by atoms with Gasteiger partial charge in [-0.1, -0.05) is 0 Å². The van der Waals surface area contributed by atoms with Crippen LogP contribution in [0.15, 0.2) is 12.1 Å². The average molecular weight is 188 g/mol. The lowest BCUT2D eigenvalue weighted by molar-refractivity contribution is 0.111. The molecule has 1 aromatic rings. The second kappa shape index (κ2) is 3.46. The molecule has 1 saturated carbocycles. The highest BCUT2D eigenvalue weighted by Crippen LogP contribution is 2.27. The molecule has 1 heterocycles. The number of nitrogens with zero attached hydrogens (tertiary/aromatic N) is 2. The Labute approximate surface area is 81.1 Å². The summed E-state index contributed by atoms with van der Waals surface area (Å²) in [5.41, 5.74) is 0.449. The third kappa shape index (κ3) is 1.88. The van der Waals surface area contributed by atoms with Gasteiger partial charge in [0, 0.05) is 12.1 Å². The van der Waals surface area contributed by atoms with E-state index in [4.69, 9.17) is 10.00 Å². The van der Waals surface area contributed by atoms with Gasteiger partial charge in [0.2, 0.25) is 0 Å². The number of rotatable bonds is 3. The molecule has 0 atom stereocenters. The third-order valence-electron chi connectivity index (χ3n) is 1.88. The smallest absolute Gasteiger partial charge is 0.168 e. The monoisotopic (exact) mass is 188 g/mol. The third-order valence-corrected chi connectivity index (χ3v) is 1.88. The highest BCUT2D eigenvalue weighted by atomic mass is 16.5. The summed E-state index contributed by atoms with van der Waals surface area (Å²) in [6, 6.07) is 4.98. The van der Waals surface area contributed by atoms with E-state index in [0.717, 1.165) is 12.8 Å². The molecule has 0 radical (unpaired) electrons. The van der Waals surface area contributed by atoms with Crippen molar-refractivity contribution in [1.29, 1.82) is 5.26 Å². The number of ether oxygens (including phenoxy) is 1. The summed E-state index contributed by atoms with van der Waals surface area (Å²) >= 11 is 0. The van der Waals surface area contributed by atoms with Crippen LogP contribution in [0.1, 0.15) is 29.0 Å². The number of hydrogen-bond acceptors (Lipinski definition) is 4. The standard InChI is InChI=1S/C10H8N2O2/c11-5-7-3-10(14-9-1-2-9)4-8(6-13)12-7/h3-4,6,9H,1-2H2. The molecule has 70 valence electrons. The zero-order chi connectivity index (χ0) is 9.97. The molecule has 1 aliphatic rings. The molecule has 0 aliphatic heterocycles. The minimum atomic E-state index is 0.213. The Kier molecular flexibility index (Phi) is 2.15. The summed E-state index contributed by atoms with van der Waals surface area (Å²) < 4.78 is 5.46. The number of aldehydes is 1. The molecule has 1 aliphatic carbocycles. The van der Waals surface area contributed by atoms with Gasteiger partial charge in [-0.3, -0.25) is 4.79 Å². The number of carbonyl (C=O) groups excluding carboxylic acids is 1. The molecule has 1 aromatic heterocycles. The van der Waals surface area contributed by atoms with E-state index in [-0.39, 0.29) is 17.5 Å². The number of hydrogen-bond donors (Lipinski definition) is 0. The maximum absolute atomic E-state index is 10.5. The van der Waals surface area contributed by atoms with Gasteiger partial charge in [0.1, 0.15) is 23.2 Å². The number of nitriles is 1. The topological polar surface area (TPSA) is 63.0 Å². The Morgan fingerprint density at radius 3 is 2.93 bits per heavy atom. The van der Waals surface area contributed by atoms with Crippen molar-refractivity contribution in [2.24, 2.45) is 0 Å². The number of pyridine rings is 1. The molecule has 0 spiro atoms. The quantitative estimate of drug-likeness (QED) is 0.671. The van der Waals surface area contributed by atoms with Crippen LogP contribution >= 0.6 is 0 Å². The van der Waals surface area contributed by atoms with Crippen LogP contribution in [-0.2, 0) is 0 Å². The van der Waals surface area contributed by atoms with Crippen LogP contribution in [0.5, 0.6) is 5.75 Å². The van der Waals surface area contributed by atoms with Gasteiger partial charge in [0.05, 0.1) is 6.10 Å². The van der Waals surface area contributed by atoms with E-state index in [1.54, 1.807) is 12.1 Å². The minimum Gasteiger partial charge on any atom is -0.490 e. The Bertz CT molecular complexity index is 405. The Hall–Kier alpha value is -1.89. The molecule has 2 rings (SSSR count). The number of aromatic nitrogens is 1. The lowest BCUT2D eigenvalue weighted by Crippen LogP contribution is -1.99. The maximum atomic E-state index is 10.5. The van der Waals surface area contributed by atoms with Crippen molar-refractivity contribution in [3.05, 3.63) is 23.5 Å². The molecule has 14 heavy (non-hydrogen) atoms. The van der Waals surface area contributed by atoms with Crippen LogP contribution in [0.3, 0.4) is 0 Å². The second-order valence-corrected chi connectivity index (χ2v) is 3.16. The van der Waals surface area contributed by atoms with E-state index < -0.39 is 0 Å². The first-order valence-corrected chi connectivity index (χ1v) is 4.36. The molecule has 1 fully saturated rings. The van der Waals surface area contributed by atoms with E-state index in [0.29, 0.717) is 12.0 Å². The van der Waals surface area contributed by atoms with Gasteiger partial charge in [-0.05, 0) is 12.8 Å². The Morgan fingerprint density at radius 2 is 2.36 bits per heavy atom. The lowest BCUT2D eigenvalue weighted by atomic mass is 10.3. The van der Waals surface area contributed by atoms with Gasteiger partial charge < -0.3 is 4.74 Å². The van der Waals surface area contributed by atoms with Crippen LogP contribution < -0.4 is 4.74 Å². The second-order valence-electron chi connectivity index (χ2n) is 3.16. The van der Waals surface area contributed by atoms with Gasteiger partial charge >= 0.3 is 0 Å². The van der Waals surface area contributed by atoms with Crippen LogP contribution in [0.25, 0.3) is 0 Å². The highest BCUT2D eigenvalue weighted by Gasteiger charge is 2.23. The van der Waals surface area contributed by atoms with Crippen molar-refractivity contribution in [1.82, 2.24) is 4.98 Å². The van der Waals surface area contributed by atoms with Crippen LogP contribution in [0.4, 0.5) is 0 Å². The first-order chi connectivity index (χ1) is 6.81. The molecule has 0 N–H and O–H groups in total. The molecule has 0 amide bonds. The van der Waals surface area contributed by atoms with E-state index in [1.165, 1.54) is 0 Å².